The second-order valence-electron chi connectivity index (χ2n) is 4.97. The highest BCUT2D eigenvalue weighted by atomic mass is 15.2. The van der Waals surface area contributed by atoms with E-state index in [1.54, 1.807) is 0 Å². The van der Waals surface area contributed by atoms with E-state index in [-0.39, 0.29) is 0 Å². The van der Waals surface area contributed by atoms with Gasteiger partial charge in [0.1, 0.15) is 0 Å². The van der Waals surface area contributed by atoms with Gasteiger partial charge >= 0.3 is 0 Å². The summed E-state index contributed by atoms with van der Waals surface area (Å²) in [5.74, 6) is 0. The molecule has 4 heteroatoms. The lowest BCUT2D eigenvalue weighted by Gasteiger charge is -2.12. The van der Waals surface area contributed by atoms with Crippen LogP contribution in [0.1, 0.15) is 11.3 Å². The first-order valence-electron chi connectivity index (χ1n) is 6.60. The van der Waals surface area contributed by atoms with Gasteiger partial charge in [0.2, 0.25) is 0 Å². The highest BCUT2D eigenvalue weighted by Crippen LogP contribution is 2.11. The van der Waals surface area contributed by atoms with Gasteiger partial charge in [-0.15, -0.1) is 0 Å². The van der Waals surface area contributed by atoms with Crippen molar-refractivity contribution in [1.29, 1.82) is 0 Å². The molecule has 102 valence electrons. The largest absolute Gasteiger partial charge is 0.378 e. The van der Waals surface area contributed by atoms with Crippen LogP contribution in [0.2, 0.25) is 0 Å². The molecule has 0 fully saturated rings. The molecule has 0 aliphatic heterocycles. The normalized spacial score (nSPS) is 10.7. The van der Waals surface area contributed by atoms with Crippen molar-refractivity contribution >= 4 is 5.69 Å². The molecule has 19 heavy (non-hydrogen) atoms. The summed E-state index contributed by atoms with van der Waals surface area (Å²) in [6.07, 6.45) is 2.95. The lowest BCUT2D eigenvalue weighted by atomic mass is 10.2. The van der Waals surface area contributed by atoms with Gasteiger partial charge in [0.05, 0.1) is 5.69 Å². The van der Waals surface area contributed by atoms with Crippen LogP contribution >= 0.6 is 0 Å². The third kappa shape index (κ3) is 4.10. The number of benzene rings is 1. The Bertz CT molecular complexity index is 499. The molecule has 0 amide bonds. The molecule has 0 saturated heterocycles. The van der Waals surface area contributed by atoms with E-state index < -0.39 is 0 Å². The number of hydrogen-bond donors (Lipinski definition) is 1. The summed E-state index contributed by atoms with van der Waals surface area (Å²) in [4.78, 5) is 2.11. The van der Waals surface area contributed by atoms with Crippen molar-refractivity contribution in [1.82, 2.24) is 15.1 Å². The van der Waals surface area contributed by atoms with Crippen LogP contribution in [0, 0.1) is 0 Å². The summed E-state index contributed by atoms with van der Waals surface area (Å²) in [6.45, 7) is 1.85. The number of aryl methyl sites for hydroxylation is 1. The Morgan fingerprint density at radius 2 is 1.89 bits per heavy atom. The molecule has 0 saturated carbocycles. The number of rotatable bonds is 6. The van der Waals surface area contributed by atoms with Crippen molar-refractivity contribution in [2.24, 2.45) is 7.05 Å². The Morgan fingerprint density at radius 3 is 2.47 bits per heavy atom. The van der Waals surface area contributed by atoms with E-state index in [2.05, 4.69) is 59.7 Å². The molecule has 2 aromatic rings. The predicted octanol–water partition coefficient (Wildman–Crippen LogP) is 1.82. The summed E-state index contributed by atoms with van der Waals surface area (Å²) >= 11 is 0. The quantitative estimate of drug-likeness (QED) is 0.802. The summed E-state index contributed by atoms with van der Waals surface area (Å²) in [5.41, 5.74) is 3.68. The zero-order valence-electron chi connectivity index (χ0n) is 11.9. The van der Waals surface area contributed by atoms with Crippen LogP contribution in [0.5, 0.6) is 0 Å². The fourth-order valence-electron chi connectivity index (χ4n) is 1.96. The van der Waals surface area contributed by atoms with Gasteiger partial charge in [0.25, 0.3) is 0 Å². The van der Waals surface area contributed by atoms with Gasteiger partial charge < -0.3 is 10.2 Å². The molecule has 1 N–H and O–H groups in total. The Labute approximate surface area is 115 Å². The van der Waals surface area contributed by atoms with Crippen LogP contribution in [0.4, 0.5) is 5.69 Å². The second-order valence-corrected chi connectivity index (χ2v) is 4.97. The average Bonchev–Trinajstić information content (AvgIpc) is 2.81. The molecule has 4 nitrogen and oxygen atoms in total. The van der Waals surface area contributed by atoms with Crippen molar-refractivity contribution in [3.8, 4) is 0 Å². The molecule has 0 atom stereocenters. The first-order valence-corrected chi connectivity index (χ1v) is 6.60. The Morgan fingerprint density at radius 1 is 1.16 bits per heavy atom. The van der Waals surface area contributed by atoms with Gasteiger partial charge in [-0.25, -0.2) is 0 Å². The number of anilines is 1. The molecule has 0 aliphatic rings. The van der Waals surface area contributed by atoms with Crippen molar-refractivity contribution in [3.63, 3.8) is 0 Å². The minimum absolute atomic E-state index is 0.903. The van der Waals surface area contributed by atoms with Gasteiger partial charge in [0.15, 0.2) is 0 Å². The van der Waals surface area contributed by atoms with E-state index in [1.165, 1.54) is 11.3 Å². The van der Waals surface area contributed by atoms with Gasteiger partial charge in [-0.1, -0.05) is 12.1 Å². The number of hydrogen-bond acceptors (Lipinski definition) is 3. The van der Waals surface area contributed by atoms with Crippen LogP contribution in [0.3, 0.4) is 0 Å². The fourth-order valence-corrected chi connectivity index (χ4v) is 1.96. The highest BCUT2D eigenvalue weighted by molar-refractivity contribution is 5.45. The Hall–Kier alpha value is -1.81. The summed E-state index contributed by atoms with van der Waals surface area (Å²) in [6, 6.07) is 10.7. The maximum Gasteiger partial charge on any atom is 0.0637 e. The molecule has 0 spiro atoms. The minimum atomic E-state index is 0.903. The minimum Gasteiger partial charge on any atom is -0.378 e. The van der Waals surface area contributed by atoms with Gasteiger partial charge in [0, 0.05) is 52.5 Å². The zero-order valence-corrected chi connectivity index (χ0v) is 11.9. The third-order valence-electron chi connectivity index (χ3n) is 3.11. The zero-order chi connectivity index (χ0) is 13.7. The van der Waals surface area contributed by atoms with Crippen LogP contribution in [-0.2, 0) is 20.0 Å². The molecular formula is C15H22N4. The van der Waals surface area contributed by atoms with Crippen LogP contribution in [-0.4, -0.2) is 30.4 Å². The second kappa shape index (κ2) is 6.38. The average molecular weight is 258 g/mol. The standard InChI is InChI=1S/C15H22N4/c1-18(2)15-6-4-13(5-7-15)12-16-10-8-14-9-11-19(3)17-14/h4-7,9,11,16H,8,10,12H2,1-3H3. The summed E-state index contributed by atoms with van der Waals surface area (Å²) in [7, 11) is 6.06. The molecule has 1 heterocycles. The number of aromatic nitrogens is 2. The van der Waals surface area contributed by atoms with E-state index in [0.29, 0.717) is 0 Å². The number of nitrogens with one attached hydrogen (secondary N) is 1. The van der Waals surface area contributed by atoms with Crippen molar-refractivity contribution in [2.75, 3.05) is 25.5 Å². The first kappa shape index (κ1) is 13.6. The topological polar surface area (TPSA) is 33.1 Å². The lowest BCUT2D eigenvalue weighted by Crippen LogP contribution is -2.17. The maximum absolute atomic E-state index is 4.36. The Kier molecular flexibility index (Phi) is 4.58. The highest BCUT2D eigenvalue weighted by Gasteiger charge is 1.98. The Balaban J connectivity index is 1.73. The van der Waals surface area contributed by atoms with Gasteiger partial charge in [-0.2, -0.15) is 5.10 Å². The third-order valence-corrected chi connectivity index (χ3v) is 3.11. The molecule has 0 bridgehead atoms. The smallest absolute Gasteiger partial charge is 0.0637 e. The monoisotopic (exact) mass is 258 g/mol. The molecule has 2 rings (SSSR count). The van der Waals surface area contributed by atoms with E-state index in [9.17, 15) is 0 Å². The van der Waals surface area contributed by atoms with E-state index >= 15 is 0 Å². The molecule has 0 unspecified atom stereocenters. The molecule has 0 aliphatic carbocycles. The number of nitrogens with zero attached hydrogens (tertiary/aromatic N) is 3. The summed E-state index contributed by atoms with van der Waals surface area (Å²) in [5, 5.41) is 7.80. The van der Waals surface area contributed by atoms with Crippen LogP contribution < -0.4 is 10.2 Å². The molecule has 1 aromatic heterocycles. The fraction of sp³-hybridized carbons (Fsp3) is 0.400. The molecular weight excluding hydrogens is 236 g/mol. The summed E-state index contributed by atoms with van der Waals surface area (Å²) < 4.78 is 1.84. The first-order chi connectivity index (χ1) is 9.15. The van der Waals surface area contributed by atoms with E-state index in [1.807, 2.05) is 17.9 Å². The van der Waals surface area contributed by atoms with Crippen molar-refractivity contribution < 1.29 is 0 Å². The predicted molar refractivity (Wildman–Crippen MR) is 79.4 cm³/mol. The van der Waals surface area contributed by atoms with Crippen molar-refractivity contribution in [2.45, 2.75) is 13.0 Å². The lowest BCUT2D eigenvalue weighted by molar-refractivity contribution is 0.665. The maximum atomic E-state index is 4.36. The molecule has 0 radical (unpaired) electrons. The van der Waals surface area contributed by atoms with E-state index in [4.69, 9.17) is 0 Å². The van der Waals surface area contributed by atoms with Crippen LogP contribution in [0.15, 0.2) is 36.5 Å². The van der Waals surface area contributed by atoms with Gasteiger partial charge in [-0.3, -0.25) is 4.68 Å². The van der Waals surface area contributed by atoms with Gasteiger partial charge in [-0.05, 0) is 23.8 Å². The SMILES string of the molecule is CN(C)c1ccc(CNCCc2ccn(C)n2)cc1. The van der Waals surface area contributed by atoms with E-state index in [0.717, 1.165) is 25.2 Å². The van der Waals surface area contributed by atoms with Crippen LogP contribution in [0.25, 0.3) is 0 Å². The molecule has 1 aromatic carbocycles. The van der Waals surface area contributed by atoms with Crippen molar-refractivity contribution in [3.05, 3.63) is 47.8 Å².